The first kappa shape index (κ1) is 32.8. The molecule has 7 nitrogen and oxygen atoms in total. The van der Waals surface area contributed by atoms with E-state index in [1.807, 2.05) is 0 Å². The first-order valence-electron chi connectivity index (χ1n) is 10.9. The Hall–Kier alpha value is -1.20. The fraction of sp³-hybridized carbons (Fsp3) is 0.792. The summed E-state index contributed by atoms with van der Waals surface area (Å²) < 4.78 is 19.6. The van der Waals surface area contributed by atoms with Gasteiger partial charge in [-0.25, -0.2) is 4.79 Å². The lowest BCUT2D eigenvalue weighted by Crippen LogP contribution is -2.50. The van der Waals surface area contributed by atoms with Gasteiger partial charge in [-0.1, -0.05) is 62.5 Å². The van der Waals surface area contributed by atoms with Crippen LogP contribution in [-0.2, 0) is 28.5 Å². The first-order chi connectivity index (χ1) is 15.3. The molecule has 0 radical (unpaired) electrons. The highest BCUT2D eigenvalue weighted by molar-refractivity contribution is 6.67. The fourth-order valence-electron chi connectivity index (χ4n) is 3.82. The van der Waals surface area contributed by atoms with E-state index in [9.17, 15) is 14.4 Å². The maximum absolute atomic E-state index is 13.6. The van der Waals surface area contributed by atoms with Crippen molar-refractivity contribution in [3.63, 3.8) is 0 Å². The Kier molecular flexibility index (Phi) is 12.7. The largest absolute Gasteiger partial charge is 0.508 e. The average Bonchev–Trinajstić information content (AvgIpc) is 2.67. The Balaban J connectivity index is 5.81. The molecule has 0 heterocycles. The highest BCUT2D eigenvalue weighted by Crippen LogP contribution is 2.36. The summed E-state index contributed by atoms with van der Waals surface area (Å²) in [5, 5.41) is 0. The summed E-state index contributed by atoms with van der Waals surface area (Å²) >= 11 is 16.8. The van der Waals surface area contributed by atoms with Gasteiger partial charge in [0.05, 0.1) is 23.4 Å². The molecule has 10 heteroatoms. The Morgan fingerprint density at radius 2 is 1.50 bits per heavy atom. The maximum atomic E-state index is 13.6. The van der Waals surface area contributed by atoms with Gasteiger partial charge in [0.1, 0.15) is 24.1 Å². The topological polar surface area (TPSA) is 88.1 Å². The van der Waals surface area contributed by atoms with Crippen LogP contribution in [0.2, 0.25) is 0 Å². The number of rotatable bonds is 11. The van der Waals surface area contributed by atoms with Crippen LogP contribution in [0.15, 0.2) is 0 Å². The van der Waals surface area contributed by atoms with Gasteiger partial charge in [-0.2, -0.15) is 0 Å². The molecule has 0 aromatic carbocycles. The van der Waals surface area contributed by atoms with Crippen molar-refractivity contribution in [2.75, 3.05) is 13.7 Å². The molecule has 0 spiro atoms. The molecule has 34 heavy (non-hydrogen) atoms. The summed E-state index contributed by atoms with van der Waals surface area (Å²) in [6, 6.07) is 0. The molecular formula is C24H37Cl3O7. The molecule has 0 aliphatic carbocycles. The van der Waals surface area contributed by atoms with Gasteiger partial charge in [0.15, 0.2) is 0 Å². The maximum Gasteiger partial charge on any atom is 0.508 e. The number of carbonyl (C=O) groups excluding carboxylic acids is 3. The van der Waals surface area contributed by atoms with E-state index in [2.05, 4.69) is 5.92 Å². The van der Waals surface area contributed by atoms with Gasteiger partial charge < -0.3 is 18.9 Å². The second kappa shape index (κ2) is 13.2. The van der Waals surface area contributed by atoms with E-state index in [-0.39, 0.29) is 18.1 Å². The molecule has 0 saturated carbocycles. The van der Waals surface area contributed by atoms with Crippen molar-refractivity contribution in [3.05, 3.63) is 0 Å². The number of ether oxygens (including phenoxy) is 4. The minimum Gasteiger partial charge on any atom is -0.460 e. The Labute approximate surface area is 218 Å². The third-order valence-electron chi connectivity index (χ3n) is 5.33. The fourth-order valence-corrected chi connectivity index (χ4v) is 3.98. The van der Waals surface area contributed by atoms with Gasteiger partial charge in [-0.3, -0.25) is 9.59 Å². The molecule has 0 amide bonds. The molecule has 0 aromatic heterocycles. The number of terminal acetylenes is 1. The van der Waals surface area contributed by atoms with E-state index in [0.717, 1.165) is 0 Å². The zero-order valence-corrected chi connectivity index (χ0v) is 23.6. The minimum atomic E-state index is -1.81. The molecule has 0 aliphatic heterocycles. The van der Waals surface area contributed by atoms with Crippen molar-refractivity contribution in [1.82, 2.24) is 0 Å². The molecule has 0 fully saturated rings. The molecule has 196 valence electrons. The van der Waals surface area contributed by atoms with Crippen LogP contribution in [0.25, 0.3) is 0 Å². The standard InChI is InChI=1S/C24H37Cl3O7/c1-11-12-14(2)17(33-21(30)32-13-24(25,26)27)15(3)18(28)23(8,9)19(31-10)16(4)20(29)34-22(5,6)7/h1,14-17,19H,12-13H2,2-10H3/t14-,15+,16-,17-,19?/m0/s1. The predicted octanol–water partition coefficient (Wildman–Crippen LogP) is 5.76. The number of esters is 1. The zero-order chi connectivity index (χ0) is 27.1. The molecular weight excluding hydrogens is 507 g/mol. The third kappa shape index (κ3) is 10.6. The number of Topliss-reactive ketones (excluding diaryl/α,β-unsaturated/α-hetero) is 1. The normalized spacial score (nSPS) is 16.9. The average molecular weight is 544 g/mol. The van der Waals surface area contributed by atoms with Crippen molar-refractivity contribution < 1.29 is 33.3 Å². The summed E-state index contributed by atoms with van der Waals surface area (Å²) in [5.41, 5.74) is -1.84. The Morgan fingerprint density at radius 1 is 0.971 bits per heavy atom. The Morgan fingerprint density at radius 3 is 1.91 bits per heavy atom. The number of ketones is 1. The predicted molar refractivity (Wildman–Crippen MR) is 133 cm³/mol. The van der Waals surface area contributed by atoms with Crippen molar-refractivity contribution in [2.45, 2.75) is 83.4 Å². The van der Waals surface area contributed by atoms with Crippen LogP contribution in [0.1, 0.15) is 61.8 Å². The lowest BCUT2D eigenvalue weighted by Gasteiger charge is -2.39. The van der Waals surface area contributed by atoms with Gasteiger partial charge in [-0.05, 0) is 27.7 Å². The Bertz CT molecular complexity index is 747. The summed E-state index contributed by atoms with van der Waals surface area (Å²) in [6.45, 7) is 13.1. The van der Waals surface area contributed by atoms with E-state index in [1.165, 1.54) is 7.11 Å². The molecule has 5 atom stereocenters. The SMILES string of the molecule is C#CC[C@H](C)[C@H](OC(=O)OCC(Cl)(Cl)Cl)[C@@H](C)C(=O)C(C)(C)C(OC)[C@H](C)C(=O)OC(C)(C)C. The highest BCUT2D eigenvalue weighted by atomic mass is 35.6. The van der Waals surface area contributed by atoms with Crippen LogP contribution in [0, 0.1) is 35.5 Å². The second-order valence-electron chi connectivity index (χ2n) is 9.97. The van der Waals surface area contributed by atoms with Gasteiger partial charge >= 0.3 is 12.1 Å². The van der Waals surface area contributed by atoms with Gasteiger partial charge in [-0.15, -0.1) is 12.3 Å². The molecule has 0 N–H and O–H groups in total. The molecule has 1 unspecified atom stereocenters. The molecule has 0 bridgehead atoms. The second-order valence-corrected chi connectivity index (χ2v) is 12.5. The monoisotopic (exact) mass is 542 g/mol. The van der Waals surface area contributed by atoms with Gasteiger partial charge in [0, 0.05) is 19.4 Å². The number of methoxy groups -OCH3 is 1. The molecule has 0 aliphatic rings. The lowest BCUT2D eigenvalue weighted by atomic mass is 9.70. The number of halogens is 3. The van der Waals surface area contributed by atoms with Crippen LogP contribution >= 0.6 is 34.8 Å². The number of carbonyl (C=O) groups is 3. The lowest BCUT2D eigenvalue weighted by molar-refractivity contribution is -0.170. The van der Waals surface area contributed by atoms with Gasteiger partial charge in [0.25, 0.3) is 0 Å². The highest BCUT2D eigenvalue weighted by Gasteiger charge is 2.47. The van der Waals surface area contributed by atoms with E-state index < -0.39 is 57.6 Å². The van der Waals surface area contributed by atoms with Crippen molar-refractivity contribution in [2.24, 2.45) is 23.2 Å². The van der Waals surface area contributed by atoms with Crippen molar-refractivity contribution in [3.8, 4) is 12.3 Å². The molecule has 0 rings (SSSR count). The van der Waals surface area contributed by atoms with Crippen LogP contribution in [0.3, 0.4) is 0 Å². The number of hydrogen-bond donors (Lipinski definition) is 0. The zero-order valence-electron chi connectivity index (χ0n) is 21.4. The van der Waals surface area contributed by atoms with E-state index in [1.54, 1.807) is 55.4 Å². The smallest absolute Gasteiger partial charge is 0.460 e. The first-order valence-corrected chi connectivity index (χ1v) is 12.1. The van der Waals surface area contributed by atoms with Gasteiger partial charge in [0.2, 0.25) is 3.79 Å². The summed E-state index contributed by atoms with van der Waals surface area (Å²) in [7, 11) is 1.42. The van der Waals surface area contributed by atoms with Crippen LogP contribution in [-0.4, -0.2) is 53.2 Å². The minimum absolute atomic E-state index is 0.239. The quantitative estimate of drug-likeness (QED) is 0.186. The van der Waals surface area contributed by atoms with Crippen molar-refractivity contribution in [1.29, 1.82) is 0 Å². The van der Waals surface area contributed by atoms with Crippen LogP contribution in [0.5, 0.6) is 0 Å². The summed E-state index contributed by atoms with van der Waals surface area (Å²) in [6.07, 6.45) is 2.84. The van der Waals surface area contributed by atoms with Crippen LogP contribution in [0.4, 0.5) is 4.79 Å². The molecule has 0 aromatic rings. The van der Waals surface area contributed by atoms with E-state index >= 15 is 0 Å². The van der Waals surface area contributed by atoms with Crippen LogP contribution < -0.4 is 0 Å². The van der Waals surface area contributed by atoms with E-state index in [0.29, 0.717) is 0 Å². The third-order valence-corrected chi connectivity index (χ3v) is 5.65. The molecule has 0 saturated heterocycles. The van der Waals surface area contributed by atoms with E-state index in [4.69, 9.17) is 60.2 Å². The number of hydrogen-bond acceptors (Lipinski definition) is 7. The summed E-state index contributed by atoms with van der Waals surface area (Å²) in [5.74, 6) is -0.222. The summed E-state index contributed by atoms with van der Waals surface area (Å²) in [4.78, 5) is 38.6. The van der Waals surface area contributed by atoms with Crippen molar-refractivity contribution >= 4 is 52.7 Å². The number of alkyl halides is 3.